The number of aliphatic hydroxyl groups is 1. The molecule has 4 heterocycles. The molecule has 0 bridgehead atoms. The number of thiazole rings is 1. The number of amides is 2. The third kappa shape index (κ3) is 3.85. The summed E-state index contributed by atoms with van der Waals surface area (Å²) < 4.78 is 11.7. The van der Waals surface area contributed by atoms with Crippen molar-refractivity contribution in [2.75, 3.05) is 56.7 Å². The highest BCUT2D eigenvalue weighted by molar-refractivity contribution is 7.23. The predicted octanol–water partition coefficient (Wildman–Crippen LogP) is 1.92. The van der Waals surface area contributed by atoms with E-state index in [4.69, 9.17) is 9.47 Å². The lowest BCUT2D eigenvalue weighted by Crippen LogP contribution is -2.46. The van der Waals surface area contributed by atoms with E-state index >= 15 is 0 Å². The topological polar surface area (TPSA) is 100 Å². The van der Waals surface area contributed by atoms with Gasteiger partial charge < -0.3 is 24.4 Å². The normalized spacial score (nSPS) is 19.7. The lowest BCUT2D eigenvalue weighted by atomic mass is 9.94. The summed E-state index contributed by atoms with van der Waals surface area (Å²) in [6.45, 7) is 5.71. The number of methoxy groups -OCH3 is 1. The number of carbonyl (C=O) groups is 1. The van der Waals surface area contributed by atoms with Crippen LogP contribution in [0.2, 0.25) is 0 Å². The number of piperidine rings is 1. The molecule has 0 radical (unpaired) electrons. The zero-order valence-corrected chi connectivity index (χ0v) is 16.9. The monoisotopic (exact) mass is 407 g/mol. The Labute approximate surface area is 167 Å². The second kappa shape index (κ2) is 7.69. The molecule has 0 aromatic carbocycles. The fourth-order valence-electron chi connectivity index (χ4n) is 3.44. The number of nitrogens with one attached hydrogen (secondary N) is 1. The minimum Gasteiger partial charge on any atom is -0.493 e. The number of pyridine rings is 1. The summed E-state index contributed by atoms with van der Waals surface area (Å²) in [5.74, 6) is 1.42. The van der Waals surface area contributed by atoms with Gasteiger partial charge in [-0.1, -0.05) is 11.3 Å². The summed E-state index contributed by atoms with van der Waals surface area (Å²) in [4.78, 5) is 25.7. The molecule has 0 aliphatic carbocycles. The zero-order chi connectivity index (χ0) is 19.7. The van der Waals surface area contributed by atoms with E-state index in [0.29, 0.717) is 55.5 Å². The number of ether oxygens (including phenoxy) is 2. The van der Waals surface area contributed by atoms with Crippen LogP contribution in [0.3, 0.4) is 0 Å². The molecule has 2 aromatic heterocycles. The van der Waals surface area contributed by atoms with E-state index in [1.165, 1.54) is 11.3 Å². The summed E-state index contributed by atoms with van der Waals surface area (Å²) in [5, 5.41) is 13.5. The Balaban J connectivity index is 1.57. The van der Waals surface area contributed by atoms with Crippen molar-refractivity contribution in [3.63, 3.8) is 0 Å². The van der Waals surface area contributed by atoms with Crippen LogP contribution in [0.5, 0.6) is 5.75 Å². The van der Waals surface area contributed by atoms with Gasteiger partial charge in [0.05, 0.1) is 32.1 Å². The van der Waals surface area contributed by atoms with Gasteiger partial charge in [-0.2, -0.15) is 0 Å². The first-order valence-electron chi connectivity index (χ1n) is 9.41. The van der Waals surface area contributed by atoms with E-state index in [1.54, 1.807) is 18.2 Å². The number of anilines is 2. The average molecular weight is 407 g/mol. The summed E-state index contributed by atoms with van der Waals surface area (Å²) in [6.07, 6.45) is 2.81. The molecule has 152 valence electrons. The summed E-state index contributed by atoms with van der Waals surface area (Å²) in [6, 6.07) is -0.200. The molecule has 2 N–H and O–H groups in total. The first-order chi connectivity index (χ1) is 13.5. The first kappa shape index (κ1) is 19.2. The Morgan fingerprint density at radius 1 is 1.32 bits per heavy atom. The Hall–Kier alpha value is -2.17. The van der Waals surface area contributed by atoms with Crippen LogP contribution in [-0.2, 0) is 4.74 Å². The van der Waals surface area contributed by atoms with Crippen molar-refractivity contribution in [2.24, 2.45) is 0 Å². The molecule has 2 saturated heterocycles. The van der Waals surface area contributed by atoms with Crippen LogP contribution in [0, 0.1) is 0 Å². The Kier molecular flexibility index (Phi) is 5.26. The van der Waals surface area contributed by atoms with Crippen molar-refractivity contribution in [3.05, 3.63) is 6.20 Å². The SMILES string of the molecule is COc1cnc(N2CCOCC2)c2sc(NC(=O)N3CCC(C)(O)CC3)nc12. The van der Waals surface area contributed by atoms with Crippen LogP contribution in [0.25, 0.3) is 10.2 Å². The van der Waals surface area contributed by atoms with E-state index < -0.39 is 5.60 Å². The van der Waals surface area contributed by atoms with Crippen LogP contribution < -0.4 is 15.0 Å². The molecule has 2 amide bonds. The van der Waals surface area contributed by atoms with Crippen molar-refractivity contribution in [3.8, 4) is 5.75 Å². The summed E-state index contributed by atoms with van der Waals surface area (Å²) >= 11 is 1.40. The number of aromatic nitrogens is 2. The van der Waals surface area contributed by atoms with E-state index in [9.17, 15) is 9.90 Å². The van der Waals surface area contributed by atoms with Crippen molar-refractivity contribution >= 4 is 38.5 Å². The van der Waals surface area contributed by atoms with Gasteiger partial charge in [-0.3, -0.25) is 5.32 Å². The number of morpholine rings is 1. The highest BCUT2D eigenvalue weighted by Crippen LogP contribution is 2.38. The quantitative estimate of drug-likeness (QED) is 0.802. The molecular weight excluding hydrogens is 382 g/mol. The van der Waals surface area contributed by atoms with Crippen LogP contribution in [0.4, 0.5) is 15.7 Å². The molecule has 0 atom stereocenters. The highest BCUT2D eigenvalue weighted by atomic mass is 32.1. The van der Waals surface area contributed by atoms with Crippen LogP contribution in [-0.4, -0.2) is 78.1 Å². The fraction of sp³-hybridized carbons (Fsp3) is 0.611. The lowest BCUT2D eigenvalue weighted by Gasteiger charge is -2.35. The molecule has 0 spiro atoms. The van der Waals surface area contributed by atoms with Gasteiger partial charge in [0.25, 0.3) is 0 Å². The standard InChI is InChI=1S/C18H25N5O4S/c1-18(25)3-5-23(6-4-18)17(24)21-16-20-13-12(26-2)11-19-15(14(13)28-16)22-7-9-27-10-8-22/h11,25H,3-10H2,1-2H3,(H,20,21,24). The van der Waals surface area contributed by atoms with Gasteiger partial charge in [-0.05, 0) is 19.8 Å². The number of carbonyl (C=O) groups excluding carboxylic acids is 1. The fourth-order valence-corrected chi connectivity index (χ4v) is 4.43. The molecule has 2 aromatic rings. The summed E-state index contributed by atoms with van der Waals surface area (Å²) in [5.41, 5.74) is -0.000449. The van der Waals surface area contributed by atoms with E-state index in [0.717, 1.165) is 23.6 Å². The van der Waals surface area contributed by atoms with Crippen LogP contribution in [0.15, 0.2) is 6.20 Å². The molecule has 2 fully saturated rings. The minimum absolute atomic E-state index is 0.200. The average Bonchev–Trinajstić information content (AvgIpc) is 3.11. The number of nitrogens with zero attached hydrogens (tertiary/aromatic N) is 4. The van der Waals surface area contributed by atoms with Gasteiger partial charge in [0.15, 0.2) is 10.9 Å². The van der Waals surface area contributed by atoms with Crippen molar-refractivity contribution < 1.29 is 19.4 Å². The molecule has 4 rings (SSSR count). The third-order valence-electron chi connectivity index (χ3n) is 5.24. The number of fused-ring (bicyclic) bond motifs is 1. The second-order valence-electron chi connectivity index (χ2n) is 7.36. The summed E-state index contributed by atoms with van der Waals surface area (Å²) in [7, 11) is 1.59. The predicted molar refractivity (Wildman–Crippen MR) is 107 cm³/mol. The van der Waals surface area contributed by atoms with E-state index in [1.807, 2.05) is 6.92 Å². The molecule has 10 heteroatoms. The number of urea groups is 1. The van der Waals surface area contributed by atoms with Gasteiger partial charge in [-0.25, -0.2) is 14.8 Å². The first-order valence-corrected chi connectivity index (χ1v) is 10.2. The zero-order valence-electron chi connectivity index (χ0n) is 16.1. The molecular formula is C18H25N5O4S. The minimum atomic E-state index is -0.696. The van der Waals surface area contributed by atoms with Crippen LogP contribution in [0.1, 0.15) is 19.8 Å². The maximum absolute atomic E-state index is 12.6. The Morgan fingerprint density at radius 3 is 2.71 bits per heavy atom. The molecule has 2 aliphatic heterocycles. The highest BCUT2D eigenvalue weighted by Gasteiger charge is 2.30. The number of hydrogen-bond donors (Lipinski definition) is 2. The van der Waals surface area contributed by atoms with Crippen LogP contribution >= 0.6 is 11.3 Å². The maximum atomic E-state index is 12.6. The number of rotatable bonds is 3. The molecule has 9 nitrogen and oxygen atoms in total. The molecule has 2 aliphatic rings. The smallest absolute Gasteiger partial charge is 0.323 e. The third-order valence-corrected chi connectivity index (χ3v) is 6.21. The second-order valence-corrected chi connectivity index (χ2v) is 8.36. The van der Waals surface area contributed by atoms with E-state index in [-0.39, 0.29) is 6.03 Å². The van der Waals surface area contributed by atoms with Crippen molar-refractivity contribution in [2.45, 2.75) is 25.4 Å². The van der Waals surface area contributed by atoms with Gasteiger partial charge in [-0.15, -0.1) is 0 Å². The Bertz CT molecular complexity index is 855. The van der Waals surface area contributed by atoms with Gasteiger partial charge in [0, 0.05) is 26.2 Å². The Morgan fingerprint density at radius 2 is 2.04 bits per heavy atom. The van der Waals surface area contributed by atoms with Gasteiger partial charge >= 0.3 is 6.03 Å². The largest absolute Gasteiger partial charge is 0.493 e. The maximum Gasteiger partial charge on any atom is 0.323 e. The van der Waals surface area contributed by atoms with Crippen molar-refractivity contribution in [1.82, 2.24) is 14.9 Å². The van der Waals surface area contributed by atoms with Gasteiger partial charge in [0.2, 0.25) is 0 Å². The van der Waals surface area contributed by atoms with E-state index in [2.05, 4.69) is 20.2 Å². The van der Waals surface area contributed by atoms with Gasteiger partial charge in [0.1, 0.15) is 16.0 Å². The number of hydrogen-bond acceptors (Lipinski definition) is 8. The molecule has 0 saturated carbocycles. The molecule has 28 heavy (non-hydrogen) atoms. The lowest BCUT2D eigenvalue weighted by molar-refractivity contribution is 0.00570. The molecule has 0 unspecified atom stereocenters. The number of likely N-dealkylation sites (tertiary alicyclic amines) is 1. The van der Waals surface area contributed by atoms with Crippen molar-refractivity contribution in [1.29, 1.82) is 0 Å².